The maximum absolute atomic E-state index is 13.6. The van der Waals surface area contributed by atoms with Gasteiger partial charge in [0.25, 0.3) is 11.7 Å². The van der Waals surface area contributed by atoms with Gasteiger partial charge in [-0.05, 0) is 37.7 Å². The number of hydrogen-bond donors (Lipinski definition) is 3. The number of rotatable bonds is 8. The highest BCUT2D eigenvalue weighted by Crippen LogP contribution is 2.31. The average molecular weight is 467 g/mol. The van der Waals surface area contributed by atoms with Gasteiger partial charge in [-0.3, -0.25) is 19.2 Å². The van der Waals surface area contributed by atoms with Crippen molar-refractivity contribution < 1.29 is 19.2 Å². The van der Waals surface area contributed by atoms with Crippen LogP contribution in [0.25, 0.3) is 10.9 Å². The largest absolute Gasteiger partial charge is 0.368 e. The minimum absolute atomic E-state index is 0.0576. The third-order valence-electron chi connectivity index (χ3n) is 7.27. The van der Waals surface area contributed by atoms with Crippen LogP contribution in [0.15, 0.2) is 30.5 Å². The molecule has 2 aliphatic carbocycles. The average Bonchev–Trinajstić information content (AvgIpc) is 3.28. The highest BCUT2D eigenvalue weighted by Gasteiger charge is 2.41. The van der Waals surface area contributed by atoms with Gasteiger partial charge in [0.05, 0.1) is 5.56 Å². The van der Waals surface area contributed by atoms with Crippen LogP contribution in [0.4, 0.5) is 0 Å². The molecule has 2 aliphatic rings. The molecule has 0 saturated heterocycles. The minimum atomic E-state index is -0.892. The second-order valence-corrected chi connectivity index (χ2v) is 9.66. The van der Waals surface area contributed by atoms with Gasteiger partial charge in [0, 0.05) is 23.1 Å². The number of amides is 3. The van der Waals surface area contributed by atoms with Gasteiger partial charge in [-0.1, -0.05) is 56.7 Å². The number of Topliss-reactive ketones (excluding diaryl/α,β-unsaturated/α-hetero) is 1. The molecule has 1 atom stereocenters. The summed E-state index contributed by atoms with van der Waals surface area (Å²) in [7, 11) is 0. The van der Waals surface area contributed by atoms with E-state index in [1.807, 2.05) is 12.1 Å². The standard InChI is InChI=1S/C26H34N4O4/c27-22(31)16-30(26(34)24(32)20-15-28-21-14-8-7-13-19(20)21)23(17-9-3-1-4-10-17)25(33)29-18-11-5-2-6-12-18/h7-8,13-15,17-18,23,28H,1-6,9-12,16H2,(H2,27,31)(H,29,33). The van der Waals surface area contributed by atoms with E-state index in [0.717, 1.165) is 74.6 Å². The molecule has 8 nitrogen and oxygen atoms in total. The molecule has 182 valence electrons. The Hall–Kier alpha value is -3.16. The molecule has 0 radical (unpaired) electrons. The second kappa shape index (κ2) is 10.8. The first-order valence-corrected chi connectivity index (χ1v) is 12.5. The number of carbonyl (C=O) groups excluding carboxylic acids is 4. The van der Waals surface area contributed by atoms with Crippen molar-refractivity contribution >= 4 is 34.4 Å². The summed E-state index contributed by atoms with van der Waals surface area (Å²) >= 11 is 0. The predicted octanol–water partition coefficient (Wildman–Crippen LogP) is 3.06. The Morgan fingerprint density at radius 3 is 2.29 bits per heavy atom. The van der Waals surface area contributed by atoms with Crippen molar-refractivity contribution in [2.75, 3.05) is 6.54 Å². The van der Waals surface area contributed by atoms with Crippen molar-refractivity contribution in [3.05, 3.63) is 36.0 Å². The van der Waals surface area contributed by atoms with Crippen LogP contribution in [0.5, 0.6) is 0 Å². The molecule has 2 aromatic rings. The van der Waals surface area contributed by atoms with E-state index in [0.29, 0.717) is 5.39 Å². The van der Waals surface area contributed by atoms with Gasteiger partial charge in [-0.15, -0.1) is 0 Å². The Kier molecular flexibility index (Phi) is 7.65. The molecule has 1 aromatic heterocycles. The van der Waals surface area contributed by atoms with E-state index < -0.39 is 30.2 Å². The van der Waals surface area contributed by atoms with Gasteiger partial charge in [-0.2, -0.15) is 0 Å². The van der Waals surface area contributed by atoms with Crippen LogP contribution < -0.4 is 11.1 Å². The number of primary amides is 1. The lowest BCUT2D eigenvalue weighted by Crippen LogP contribution is -2.58. The second-order valence-electron chi connectivity index (χ2n) is 9.66. The number of nitrogens with two attached hydrogens (primary N) is 1. The fraction of sp³-hybridized carbons (Fsp3) is 0.538. The third kappa shape index (κ3) is 5.32. The zero-order valence-electron chi connectivity index (χ0n) is 19.6. The van der Waals surface area contributed by atoms with E-state index in [4.69, 9.17) is 5.73 Å². The first-order valence-electron chi connectivity index (χ1n) is 12.5. The van der Waals surface area contributed by atoms with E-state index in [1.165, 1.54) is 6.20 Å². The Morgan fingerprint density at radius 1 is 0.971 bits per heavy atom. The van der Waals surface area contributed by atoms with Crippen LogP contribution in [-0.2, 0) is 14.4 Å². The number of aromatic nitrogens is 1. The molecule has 4 N–H and O–H groups in total. The Balaban J connectivity index is 1.64. The third-order valence-corrected chi connectivity index (χ3v) is 7.27. The molecule has 2 fully saturated rings. The lowest BCUT2D eigenvalue weighted by molar-refractivity contribution is -0.142. The first-order chi connectivity index (χ1) is 16.5. The van der Waals surface area contributed by atoms with Gasteiger partial charge < -0.3 is 20.9 Å². The number of carbonyl (C=O) groups is 4. The lowest BCUT2D eigenvalue weighted by Gasteiger charge is -2.38. The van der Waals surface area contributed by atoms with E-state index in [1.54, 1.807) is 12.1 Å². The van der Waals surface area contributed by atoms with Gasteiger partial charge in [-0.25, -0.2) is 0 Å². The van der Waals surface area contributed by atoms with Crippen molar-refractivity contribution in [1.82, 2.24) is 15.2 Å². The fourth-order valence-corrected chi connectivity index (χ4v) is 5.56. The molecule has 2 saturated carbocycles. The molecule has 3 amide bonds. The summed E-state index contributed by atoms with van der Waals surface area (Å²) in [5, 5.41) is 3.75. The summed E-state index contributed by atoms with van der Waals surface area (Å²) in [5.74, 6) is -2.74. The Morgan fingerprint density at radius 2 is 1.62 bits per heavy atom. The number of nitrogens with zero attached hydrogens (tertiary/aromatic N) is 1. The number of H-pyrrole nitrogens is 1. The number of fused-ring (bicyclic) bond motifs is 1. The number of para-hydroxylation sites is 1. The molecular formula is C26H34N4O4. The quantitative estimate of drug-likeness (QED) is 0.408. The van der Waals surface area contributed by atoms with Gasteiger partial charge in [0.15, 0.2) is 0 Å². The van der Waals surface area contributed by atoms with Crippen LogP contribution in [0.3, 0.4) is 0 Å². The smallest absolute Gasteiger partial charge is 0.296 e. The molecular weight excluding hydrogens is 432 g/mol. The van der Waals surface area contributed by atoms with Crippen LogP contribution in [0.2, 0.25) is 0 Å². The van der Waals surface area contributed by atoms with Crippen LogP contribution in [-0.4, -0.2) is 52.0 Å². The zero-order chi connectivity index (χ0) is 24.1. The topological polar surface area (TPSA) is 125 Å². The van der Waals surface area contributed by atoms with Crippen molar-refractivity contribution in [3.63, 3.8) is 0 Å². The van der Waals surface area contributed by atoms with Crippen LogP contribution >= 0.6 is 0 Å². The summed E-state index contributed by atoms with van der Waals surface area (Å²) in [5.41, 5.74) is 6.47. The summed E-state index contributed by atoms with van der Waals surface area (Å²) in [6.07, 6.45) is 11.1. The number of hydrogen-bond acceptors (Lipinski definition) is 4. The molecule has 34 heavy (non-hydrogen) atoms. The monoisotopic (exact) mass is 466 g/mol. The highest BCUT2D eigenvalue weighted by molar-refractivity contribution is 6.45. The van der Waals surface area contributed by atoms with E-state index in [2.05, 4.69) is 10.3 Å². The molecule has 4 rings (SSSR count). The number of ketones is 1. The molecule has 0 spiro atoms. The summed E-state index contributed by atoms with van der Waals surface area (Å²) in [4.78, 5) is 56.7. The summed E-state index contributed by atoms with van der Waals surface area (Å²) in [6.45, 7) is -0.466. The van der Waals surface area contributed by atoms with Gasteiger partial charge >= 0.3 is 0 Å². The number of aromatic amines is 1. The normalized spacial score (nSPS) is 18.4. The van der Waals surface area contributed by atoms with Crippen molar-refractivity contribution in [1.29, 1.82) is 0 Å². The summed E-state index contributed by atoms with van der Waals surface area (Å²) < 4.78 is 0. The summed E-state index contributed by atoms with van der Waals surface area (Å²) in [6, 6.07) is 6.38. The zero-order valence-corrected chi connectivity index (χ0v) is 19.6. The maximum atomic E-state index is 13.6. The van der Waals surface area contributed by atoms with Crippen molar-refractivity contribution in [2.45, 2.75) is 76.3 Å². The van der Waals surface area contributed by atoms with Crippen LogP contribution in [0.1, 0.15) is 74.6 Å². The molecule has 1 aromatic carbocycles. The number of benzene rings is 1. The molecule has 0 bridgehead atoms. The minimum Gasteiger partial charge on any atom is -0.368 e. The van der Waals surface area contributed by atoms with Crippen molar-refractivity contribution in [3.8, 4) is 0 Å². The molecule has 1 heterocycles. The van der Waals surface area contributed by atoms with Crippen molar-refractivity contribution in [2.24, 2.45) is 11.7 Å². The highest BCUT2D eigenvalue weighted by atomic mass is 16.2. The first kappa shape index (κ1) is 24.0. The van der Waals surface area contributed by atoms with Crippen LogP contribution in [0, 0.1) is 5.92 Å². The van der Waals surface area contributed by atoms with E-state index >= 15 is 0 Å². The maximum Gasteiger partial charge on any atom is 0.296 e. The lowest BCUT2D eigenvalue weighted by atomic mass is 9.82. The van der Waals surface area contributed by atoms with E-state index in [9.17, 15) is 19.2 Å². The van der Waals surface area contributed by atoms with Gasteiger partial charge in [0.1, 0.15) is 12.6 Å². The Bertz CT molecular complexity index is 1050. The molecule has 0 aliphatic heterocycles. The van der Waals surface area contributed by atoms with Gasteiger partial charge in [0.2, 0.25) is 11.8 Å². The fourth-order valence-electron chi connectivity index (χ4n) is 5.56. The SMILES string of the molecule is NC(=O)CN(C(=O)C(=O)c1c[nH]c2ccccc12)C(C(=O)NC1CCCCC1)C1CCCCC1. The van der Waals surface area contributed by atoms with E-state index in [-0.39, 0.29) is 23.4 Å². The molecule has 1 unspecified atom stereocenters. The Labute approximate surface area is 199 Å². The number of nitrogens with one attached hydrogen (secondary N) is 2. The predicted molar refractivity (Wildman–Crippen MR) is 129 cm³/mol. The molecule has 8 heteroatoms.